The molecule has 2 saturated heterocycles. The number of alkyl halides is 1. The topological polar surface area (TPSA) is 32.7 Å². The molecule has 4 heteroatoms. The fourth-order valence-corrected chi connectivity index (χ4v) is 2.31. The molecule has 0 bridgehead atoms. The molecule has 2 rings (SSSR count). The number of rotatable bonds is 1. The van der Waals surface area contributed by atoms with E-state index in [2.05, 4.69) is 0 Å². The predicted octanol–water partition coefficient (Wildman–Crippen LogP) is 0.528. The molecule has 0 aromatic heterocycles. The largest absolute Gasteiger partial charge is 0.393 e. The summed E-state index contributed by atoms with van der Waals surface area (Å²) in [5.41, 5.74) is -1.78. The molecular formula is C9H16FNO2. The number of aliphatic hydroxyl groups is 1. The van der Waals surface area contributed by atoms with Crippen LogP contribution in [0.15, 0.2) is 0 Å². The molecule has 0 amide bonds. The van der Waals surface area contributed by atoms with Crippen LogP contribution in [0.3, 0.4) is 0 Å². The zero-order valence-corrected chi connectivity index (χ0v) is 8.09. The van der Waals surface area contributed by atoms with E-state index >= 15 is 0 Å². The molecule has 0 aromatic rings. The second-order valence-electron chi connectivity index (χ2n) is 4.55. The second-order valence-corrected chi connectivity index (χ2v) is 4.55. The van der Waals surface area contributed by atoms with Crippen LogP contribution in [-0.2, 0) is 4.74 Å². The zero-order chi connectivity index (χ0) is 9.69. The van der Waals surface area contributed by atoms with Crippen LogP contribution in [0.2, 0.25) is 0 Å². The Morgan fingerprint density at radius 2 is 2.31 bits per heavy atom. The summed E-state index contributed by atoms with van der Waals surface area (Å²) in [6.45, 7) is 4.38. The number of nitrogens with zero attached hydrogens (tertiary/aromatic N) is 1. The molecule has 1 N–H and O–H groups in total. The van der Waals surface area contributed by atoms with Gasteiger partial charge in [0.15, 0.2) is 0 Å². The third-order valence-electron chi connectivity index (χ3n) is 3.10. The minimum atomic E-state index is -1.41. The fraction of sp³-hybridized carbons (Fsp3) is 1.00. The molecule has 13 heavy (non-hydrogen) atoms. The molecule has 2 aliphatic rings. The average molecular weight is 189 g/mol. The number of halogens is 1. The van der Waals surface area contributed by atoms with Crippen LogP contribution in [-0.4, -0.2) is 47.2 Å². The Bertz CT molecular complexity index is 222. The van der Waals surface area contributed by atoms with E-state index in [9.17, 15) is 4.39 Å². The molecule has 3 nitrogen and oxygen atoms in total. The van der Waals surface area contributed by atoms with Crippen LogP contribution in [0.1, 0.15) is 20.3 Å². The van der Waals surface area contributed by atoms with E-state index in [1.165, 1.54) is 0 Å². The maximum absolute atomic E-state index is 13.8. The van der Waals surface area contributed by atoms with Crippen molar-refractivity contribution in [3.05, 3.63) is 0 Å². The Morgan fingerprint density at radius 1 is 1.62 bits per heavy atom. The van der Waals surface area contributed by atoms with Gasteiger partial charge < -0.3 is 9.84 Å². The smallest absolute Gasteiger partial charge is 0.148 e. The first kappa shape index (κ1) is 9.37. The lowest BCUT2D eigenvalue weighted by Crippen LogP contribution is -2.43. The summed E-state index contributed by atoms with van der Waals surface area (Å²) >= 11 is 0. The molecule has 0 unspecified atom stereocenters. The van der Waals surface area contributed by atoms with Crippen molar-refractivity contribution in [1.29, 1.82) is 0 Å². The lowest BCUT2D eigenvalue weighted by molar-refractivity contribution is -0.0637. The van der Waals surface area contributed by atoms with Gasteiger partial charge in [0.2, 0.25) is 0 Å². The van der Waals surface area contributed by atoms with Gasteiger partial charge in [-0.05, 0) is 13.8 Å². The molecule has 0 aliphatic carbocycles. The van der Waals surface area contributed by atoms with E-state index in [1.54, 1.807) is 0 Å². The van der Waals surface area contributed by atoms with Crippen molar-refractivity contribution in [1.82, 2.24) is 4.90 Å². The van der Waals surface area contributed by atoms with Crippen molar-refractivity contribution in [3.63, 3.8) is 0 Å². The van der Waals surface area contributed by atoms with Crippen LogP contribution in [0.4, 0.5) is 4.39 Å². The summed E-state index contributed by atoms with van der Waals surface area (Å²) in [5.74, 6) is 0. The quantitative estimate of drug-likeness (QED) is 0.653. The number of hydrogen-bond acceptors (Lipinski definition) is 3. The lowest BCUT2D eigenvalue weighted by Gasteiger charge is -2.30. The molecule has 0 aromatic carbocycles. The van der Waals surface area contributed by atoms with Crippen molar-refractivity contribution in [2.24, 2.45) is 0 Å². The monoisotopic (exact) mass is 189 g/mol. The van der Waals surface area contributed by atoms with E-state index in [0.29, 0.717) is 19.6 Å². The van der Waals surface area contributed by atoms with Gasteiger partial charge in [0.05, 0.1) is 13.2 Å². The molecule has 2 heterocycles. The van der Waals surface area contributed by atoms with Crippen LogP contribution in [0, 0.1) is 0 Å². The van der Waals surface area contributed by atoms with Crippen LogP contribution in [0.5, 0.6) is 0 Å². The Balaban J connectivity index is 2.14. The van der Waals surface area contributed by atoms with E-state index < -0.39 is 5.67 Å². The first-order valence-corrected chi connectivity index (χ1v) is 4.67. The molecular weight excluding hydrogens is 173 g/mol. The van der Waals surface area contributed by atoms with E-state index in [-0.39, 0.29) is 18.4 Å². The van der Waals surface area contributed by atoms with Gasteiger partial charge in [-0.3, -0.25) is 4.90 Å². The average Bonchev–Trinajstić information content (AvgIpc) is 2.52. The minimum absolute atomic E-state index is 0.146. The maximum Gasteiger partial charge on any atom is 0.148 e. The summed E-state index contributed by atoms with van der Waals surface area (Å²) in [6, 6.07) is 0.146. The highest BCUT2D eigenvalue weighted by Crippen LogP contribution is 2.40. The van der Waals surface area contributed by atoms with E-state index in [0.717, 1.165) is 0 Å². The molecule has 0 spiro atoms. The van der Waals surface area contributed by atoms with Crippen molar-refractivity contribution in [3.8, 4) is 0 Å². The van der Waals surface area contributed by atoms with E-state index in [1.807, 2.05) is 18.7 Å². The molecule has 0 saturated carbocycles. The Labute approximate surface area is 77.5 Å². The van der Waals surface area contributed by atoms with Crippen molar-refractivity contribution >= 4 is 0 Å². The van der Waals surface area contributed by atoms with Gasteiger partial charge >= 0.3 is 0 Å². The van der Waals surface area contributed by atoms with E-state index in [4.69, 9.17) is 9.84 Å². The molecule has 2 fully saturated rings. The first-order chi connectivity index (χ1) is 5.97. The van der Waals surface area contributed by atoms with Crippen molar-refractivity contribution in [2.45, 2.75) is 37.7 Å². The maximum atomic E-state index is 13.8. The molecule has 2 atom stereocenters. The Kier molecular flexibility index (Phi) is 1.91. The summed E-state index contributed by atoms with van der Waals surface area (Å²) in [6.07, 6.45) is 0.396. The van der Waals surface area contributed by atoms with Gasteiger partial charge in [-0.25, -0.2) is 4.39 Å². The number of ether oxygens (including phenoxy) is 1. The summed E-state index contributed by atoms with van der Waals surface area (Å²) < 4.78 is 19.3. The van der Waals surface area contributed by atoms with Gasteiger partial charge in [0, 0.05) is 19.0 Å². The summed E-state index contributed by atoms with van der Waals surface area (Å²) in [4.78, 5) is 2.00. The highest BCUT2D eigenvalue weighted by Gasteiger charge is 2.53. The Hall–Kier alpha value is -0.190. The normalized spacial score (nSPS) is 43.8. The van der Waals surface area contributed by atoms with Gasteiger partial charge in [-0.2, -0.15) is 0 Å². The van der Waals surface area contributed by atoms with Crippen LogP contribution < -0.4 is 0 Å². The van der Waals surface area contributed by atoms with Gasteiger partial charge in [-0.15, -0.1) is 0 Å². The number of aliphatic hydroxyl groups excluding tert-OH is 1. The fourth-order valence-electron chi connectivity index (χ4n) is 2.31. The molecule has 0 radical (unpaired) electrons. The molecule has 76 valence electrons. The number of fused-ring (bicyclic) bond motifs is 1. The Morgan fingerprint density at radius 3 is 2.85 bits per heavy atom. The highest BCUT2D eigenvalue weighted by atomic mass is 19.1. The van der Waals surface area contributed by atoms with Gasteiger partial charge in [-0.1, -0.05) is 0 Å². The lowest BCUT2D eigenvalue weighted by atomic mass is 10.0. The summed E-state index contributed by atoms with van der Waals surface area (Å²) in [5, 5.41) is 8.91. The summed E-state index contributed by atoms with van der Waals surface area (Å²) in [7, 11) is 0. The van der Waals surface area contributed by atoms with Crippen molar-refractivity contribution < 1.29 is 14.2 Å². The highest BCUT2D eigenvalue weighted by molar-refractivity contribution is 5.02. The number of hydrogen-bond donors (Lipinski definition) is 1. The van der Waals surface area contributed by atoms with Crippen molar-refractivity contribution in [2.75, 3.05) is 19.8 Å². The SMILES string of the molecule is CC1(C)OC[C@@H]2C[C@](F)(CO)CN21. The van der Waals surface area contributed by atoms with Gasteiger partial charge in [0.25, 0.3) is 0 Å². The predicted molar refractivity (Wildman–Crippen MR) is 46.1 cm³/mol. The zero-order valence-electron chi connectivity index (χ0n) is 8.09. The van der Waals surface area contributed by atoms with Gasteiger partial charge in [0.1, 0.15) is 11.4 Å². The third kappa shape index (κ3) is 1.37. The van der Waals surface area contributed by atoms with Crippen LogP contribution in [0.25, 0.3) is 0 Å². The standard InChI is InChI=1S/C9H16FNO2/c1-8(2)11-5-9(10,6-12)3-7(11)4-13-8/h7,12H,3-6H2,1-2H3/t7-,9+/m0/s1. The third-order valence-corrected chi connectivity index (χ3v) is 3.10. The van der Waals surface area contributed by atoms with Crippen LogP contribution >= 0.6 is 0 Å². The molecule has 2 aliphatic heterocycles. The first-order valence-electron chi connectivity index (χ1n) is 4.67. The minimum Gasteiger partial charge on any atom is -0.393 e. The second kappa shape index (κ2) is 2.65.